The van der Waals surface area contributed by atoms with Gasteiger partial charge in [0.05, 0.1) is 12.5 Å². The Morgan fingerprint density at radius 1 is 1.75 bits per heavy atom. The van der Waals surface area contributed by atoms with E-state index in [0.717, 1.165) is 6.42 Å². The van der Waals surface area contributed by atoms with E-state index in [0.29, 0.717) is 18.8 Å². The summed E-state index contributed by atoms with van der Waals surface area (Å²) in [6.45, 7) is 2.07. The number of carbonyl (C=O) groups is 1. The Kier molecular flexibility index (Phi) is 1.73. The quantitative estimate of drug-likeness (QED) is 0.634. The Hall–Kier alpha value is -0.410. The van der Waals surface area contributed by atoms with Crippen LogP contribution >= 0.6 is 0 Å². The van der Waals surface area contributed by atoms with E-state index >= 15 is 0 Å². The lowest BCUT2D eigenvalue weighted by molar-refractivity contribution is -0.211. The molecule has 2 saturated heterocycles. The summed E-state index contributed by atoms with van der Waals surface area (Å²) in [6, 6.07) is 0. The molecule has 2 fully saturated rings. The number of hydrogen-bond donors (Lipinski definition) is 1. The van der Waals surface area contributed by atoms with E-state index in [1.807, 2.05) is 0 Å². The molecule has 3 unspecified atom stereocenters. The largest absolute Gasteiger partial charge is 0.365 e. The van der Waals surface area contributed by atoms with Crippen LogP contribution in [0.1, 0.15) is 32.6 Å². The van der Waals surface area contributed by atoms with Crippen molar-refractivity contribution in [2.24, 2.45) is 5.92 Å². The van der Waals surface area contributed by atoms with Gasteiger partial charge in [0.25, 0.3) is 0 Å². The molecule has 3 nitrogen and oxygen atoms in total. The predicted molar refractivity (Wildman–Crippen MR) is 42.5 cm³/mol. The minimum Gasteiger partial charge on any atom is -0.365 e. The smallest absolute Gasteiger partial charge is 0.173 e. The first-order valence-electron chi connectivity index (χ1n) is 4.55. The molecule has 3 heteroatoms. The van der Waals surface area contributed by atoms with Crippen molar-refractivity contribution < 1.29 is 14.6 Å². The van der Waals surface area contributed by atoms with Gasteiger partial charge in [-0.25, -0.2) is 0 Å². The van der Waals surface area contributed by atoms with Gasteiger partial charge in [0.1, 0.15) is 5.78 Å². The van der Waals surface area contributed by atoms with Gasteiger partial charge in [-0.2, -0.15) is 0 Å². The summed E-state index contributed by atoms with van der Waals surface area (Å²) in [5.74, 6) is -0.591. The third kappa shape index (κ3) is 1.17. The lowest BCUT2D eigenvalue weighted by Crippen LogP contribution is -2.37. The third-order valence-electron chi connectivity index (χ3n) is 2.90. The first kappa shape index (κ1) is 8.20. The average molecular weight is 170 g/mol. The highest BCUT2D eigenvalue weighted by Gasteiger charge is 2.49. The minimum atomic E-state index is -1.11. The molecule has 0 aromatic heterocycles. The van der Waals surface area contributed by atoms with Gasteiger partial charge in [0.2, 0.25) is 0 Å². The number of rotatable bonds is 1. The zero-order valence-electron chi connectivity index (χ0n) is 7.25. The number of hydrogen-bond acceptors (Lipinski definition) is 3. The molecule has 2 rings (SSSR count). The van der Waals surface area contributed by atoms with Crippen LogP contribution in [0, 0.1) is 5.92 Å². The molecule has 0 spiro atoms. The van der Waals surface area contributed by atoms with Gasteiger partial charge in [-0.3, -0.25) is 4.79 Å². The van der Waals surface area contributed by atoms with Crippen LogP contribution in [0.4, 0.5) is 0 Å². The third-order valence-corrected chi connectivity index (χ3v) is 2.90. The van der Waals surface area contributed by atoms with Crippen LogP contribution in [-0.2, 0) is 9.53 Å². The number of Topliss-reactive ketones (excluding diaryl/α,β-unsaturated/α-hetero) is 1. The molecule has 1 N–H and O–H groups in total. The van der Waals surface area contributed by atoms with Gasteiger partial charge in [0, 0.05) is 12.8 Å². The highest BCUT2D eigenvalue weighted by molar-refractivity contribution is 5.80. The van der Waals surface area contributed by atoms with E-state index in [4.69, 9.17) is 4.74 Å². The van der Waals surface area contributed by atoms with Crippen LogP contribution in [0.3, 0.4) is 0 Å². The van der Waals surface area contributed by atoms with E-state index in [1.54, 1.807) is 0 Å². The van der Waals surface area contributed by atoms with Crippen LogP contribution in [0.5, 0.6) is 0 Å². The molecule has 68 valence electrons. The highest BCUT2D eigenvalue weighted by Crippen LogP contribution is 2.42. The Bertz CT molecular complexity index is 214. The normalized spacial score (nSPS) is 46.7. The molecule has 2 aliphatic heterocycles. The fourth-order valence-corrected chi connectivity index (χ4v) is 2.30. The summed E-state index contributed by atoms with van der Waals surface area (Å²) in [5, 5.41) is 9.75. The van der Waals surface area contributed by atoms with Crippen molar-refractivity contribution in [1.82, 2.24) is 0 Å². The maximum atomic E-state index is 11.2. The first-order valence-corrected chi connectivity index (χ1v) is 4.55. The Labute approximate surface area is 71.7 Å². The van der Waals surface area contributed by atoms with Crippen LogP contribution in [0.15, 0.2) is 0 Å². The number of aliphatic hydroxyl groups is 1. The molecule has 2 aliphatic rings. The molecule has 2 bridgehead atoms. The molecule has 12 heavy (non-hydrogen) atoms. The number of ketones is 1. The minimum absolute atomic E-state index is 0.0127. The standard InChI is InChI=1S/C9H14O3/c1-2-6-4-9(11)5-7(10)3-8(6)12-9/h6,8,11H,2-5H2,1H3. The van der Waals surface area contributed by atoms with Crippen molar-refractivity contribution in [3.05, 3.63) is 0 Å². The van der Waals surface area contributed by atoms with Crippen molar-refractivity contribution in [2.75, 3.05) is 0 Å². The second-order valence-corrected chi connectivity index (χ2v) is 3.89. The van der Waals surface area contributed by atoms with Gasteiger partial charge >= 0.3 is 0 Å². The molecule has 0 saturated carbocycles. The lowest BCUT2D eigenvalue weighted by atomic mass is 9.96. The first-order chi connectivity index (χ1) is 5.63. The van der Waals surface area contributed by atoms with E-state index in [1.165, 1.54) is 0 Å². The predicted octanol–water partition coefficient (Wildman–Crippen LogP) is 0.853. The summed E-state index contributed by atoms with van der Waals surface area (Å²) in [5.41, 5.74) is 0. The van der Waals surface area contributed by atoms with Gasteiger partial charge in [0.15, 0.2) is 5.79 Å². The lowest BCUT2D eigenvalue weighted by Gasteiger charge is -2.27. The van der Waals surface area contributed by atoms with Gasteiger partial charge in [-0.1, -0.05) is 13.3 Å². The topological polar surface area (TPSA) is 46.5 Å². The van der Waals surface area contributed by atoms with Crippen molar-refractivity contribution in [1.29, 1.82) is 0 Å². The summed E-state index contributed by atoms with van der Waals surface area (Å²) >= 11 is 0. The maximum Gasteiger partial charge on any atom is 0.173 e. The van der Waals surface area contributed by atoms with E-state index in [-0.39, 0.29) is 18.3 Å². The number of ether oxygens (including phenoxy) is 1. The fraction of sp³-hybridized carbons (Fsp3) is 0.889. The van der Waals surface area contributed by atoms with Gasteiger partial charge in [-0.15, -0.1) is 0 Å². The van der Waals surface area contributed by atoms with Crippen LogP contribution < -0.4 is 0 Å². The highest BCUT2D eigenvalue weighted by atomic mass is 16.6. The summed E-state index contributed by atoms with van der Waals surface area (Å²) in [7, 11) is 0. The summed E-state index contributed by atoms with van der Waals surface area (Å²) < 4.78 is 5.39. The zero-order chi connectivity index (χ0) is 8.77. The number of carbonyl (C=O) groups excluding carboxylic acids is 1. The molecular formula is C9H14O3. The van der Waals surface area contributed by atoms with Gasteiger partial charge < -0.3 is 9.84 Å². The van der Waals surface area contributed by atoms with E-state index < -0.39 is 5.79 Å². The zero-order valence-corrected chi connectivity index (χ0v) is 7.25. The molecule has 3 atom stereocenters. The molecule has 0 aliphatic carbocycles. The summed E-state index contributed by atoms with van der Waals surface area (Å²) in [4.78, 5) is 11.2. The molecule has 0 amide bonds. The van der Waals surface area contributed by atoms with Crippen molar-refractivity contribution >= 4 is 5.78 Å². The summed E-state index contributed by atoms with van der Waals surface area (Å²) in [6.07, 6.45) is 2.31. The molecular weight excluding hydrogens is 156 g/mol. The van der Waals surface area contributed by atoms with Gasteiger partial charge in [-0.05, 0) is 5.92 Å². The van der Waals surface area contributed by atoms with E-state index in [2.05, 4.69) is 6.92 Å². The molecule has 2 heterocycles. The average Bonchev–Trinajstić information content (AvgIpc) is 2.20. The van der Waals surface area contributed by atoms with E-state index in [9.17, 15) is 9.90 Å². The van der Waals surface area contributed by atoms with Crippen LogP contribution in [0.25, 0.3) is 0 Å². The number of fused-ring (bicyclic) bond motifs is 2. The second-order valence-electron chi connectivity index (χ2n) is 3.89. The van der Waals surface area contributed by atoms with Crippen molar-refractivity contribution in [3.8, 4) is 0 Å². The molecule has 0 radical (unpaired) electrons. The fourth-order valence-electron chi connectivity index (χ4n) is 2.30. The monoisotopic (exact) mass is 170 g/mol. The second kappa shape index (κ2) is 2.54. The van der Waals surface area contributed by atoms with Crippen LogP contribution in [-0.4, -0.2) is 22.8 Å². The van der Waals surface area contributed by atoms with Crippen molar-refractivity contribution in [2.45, 2.75) is 44.5 Å². The van der Waals surface area contributed by atoms with Crippen LogP contribution in [0.2, 0.25) is 0 Å². The van der Waals surface area contributed by atoms with Crippen molar-refractivity contribution in [3.63, 3.8) is 0 Å². The Morgan fingerprint density at radius 3 is 3.17 bits per heavy atom. The Balaban J connectivity index is 2.18. The molecule has 0 aromatic rings. The molecule has 0 aromatic carbocycles. The maximum absolute atomic E-state index is 11.2. The SMILES string of the molecule is CCC1CC2(O)CC(=O)CC1O2. The Morgan fingerprint density at radius 2 is 2.50 bits per heavy atom.